The Morgan fingerprint density at radius 1 is 1.78 bits per heavy atom. The molecule has 0 radical (unpaired) electrons. The zero-order valence-corrected chi connectivity index (χ0v) is 6.49. The summed E-state index contributed by atoms with van der Waals surface area (Å²) in [6.07, 6.45) is 2.64. The van der Waals surface area contributed by atoms with Crippen LogP contribution in [-0.2, 0) is 11.0 Å². The van der Waals surface area contributed by atoms with Gasteiger partial charge in [-0.15, -0.1) is 0 Å². The minimum Gasteiger partial charge on any atom is -0.252 e. The summed E-state index contributed by atoms with van der Waals surface area (Å²) in [6.45, 7) is 2.13. The van der Waals surface area contributed by atoms with E-state index < -0.39 is 11.0 Å². The molecule has 0 aromatic carbocycles. The minimum absolute atomic E-state index is 0.579. The largest absolute Gasteiger partial charge is 0.252 e. The molecule has 1 rings (SSSR count). The Morgan fingerprint density at radius 2 is 2.33 bits per heavy atom. The van der Waals surface area contributed by atoms with Crippen molar-refractivity contribution in [2.24, 2.45) is 17.0 Å². The molecular formula is C6H13NOS. The monoisotopic (exact) mass is 147 g/mol. The molecule has 1 aliphatic carbocycles. The van der Waals surface area contributed by atoms with E-state index in [1.807, 2.05) is 0 Å². The van der Waals surface area contributed by atoms with Gasteiger partial charge in [0.05, 0.1) is 11.0 Å². The fraction of sp³-hybridized carbons (Fsp3) is 1.00. The van der Waals surface area contributed by atoms with Crippen molar-refractivity contribution >= 4 is 11.0 Å². The topological polar surface area (TPSA) is 43.1 Å². The second-order valence-corrected chi connectivity index (χ2v) is 3.96. The third-order valence-corrected chi connectivity index (χ3v) is 2.71. The van der Waals surface area contributed by atoms with Gasteiger partial charge in [-0.2, -0.15) is 0 Å². The normalized spacial score (nSPS) is 25.6. The Kier molecular flexibility index (Phi) is 2.24. The predicted octanol–water partition coefficient (Wildman–Crippen LogP) is 0.655. The number of rotatable bonds is 3. The smallest absolute Gasteiger partial charge is 0.0890 e. The fourth-order valence-corrected chi connectivity index (χ4v) is 1.85. The van der Waals surface area contributed by atoms with Gasteiger partial charge in [0, 0.05) is 5.75 Å². The van der Waals surface area contributed by atoms with Gasteiger partial charge in [-0.3, -0.25) is 5.14 Å². The highest BCUT2D eigenvalue weighted by atomic mass is 32.2. The van der Waals surface area contributed by atoms with Crippen LogP contribution < -0.4 is 5.14 Å². The molecule has 0 saturated heterocycles. The summed E-state index contributed by atoms with van der Waals surface area (Å²) in [5.41, 5.74) is 0. The zero-order chi connectivity index (χ0) is 6.85. The Morgan fingerprint density at radius 3 is 2.67 bits per heavy atom. The molecule has 2 N–H and O–H groups in total. The molecule has 3 heteroatoms. The lowest BCUT2D eigenvalue weighted by molar-refractivity contribution is 0.563. The standard InChI is InChI=1S/C6H13NOS/c1-5(4-9(7)8)6-2-3-6/h5-6H,2-4,7H2,1H3. The molecule has 1 aliphatic rings. The molecule has 0 aromatic heterocycles. The van der Waals surface area contributed by atoms with Crippen LogP contribution in [0.15, 0.2) is 0 Å². The van der Waals surface area contributed by atoms with Gasteiger partial charge < -0.3 is 0 Å². The molecule has 2 atom stereocenters. The molecule has 2 unspecified atom stereocenters. The molecule has 9 heavy (non-hydrogen) atoms. The first-order valence-electron chi connectivity index (χ1n) is 3.33. The summed E-state index contributed by atoms with van der Waals surface area (Å²) in [5.74, 6) is 2.10. The van der Waals surface area contributed by atoms with Gasteiger partial charge in [-0.1, -0.05) is 6.92 Å². The average Bonchev–Trinajstić information content (AvgIpc) is 2.40. The van der Waals surface area contributed by atoms with Crippen LogP contribution in [0.25, 0.3) is 0 Å². The van der Waals surface area contributed by atoms with Crippen molar-refractivity contribution in [1.82, 2.24) is 0 Å². The second kappa shape index (κ2) is 2.80. The first-order valence-corrected chi connectivity index (χ1v) is 4.71. The molecule has 0 aliphatic heterocycles. The number of hydrogen-bond donors (Lipinski definition) is 1. The van der Waals surface area contributed by atoms with Crippen LogP contribution in [0.5, 0.6) is 0 Å². The quantitative estimate of drug-likeness (QED) is 0.626. The Balaban J connectivity index is 2.17. The molecule has 0 aromatic rings. The van der Waals surface area contributed by atoms with Gasteiger partial charge in [-0.25, -0.2) is 4.21 Å². The maximum absolute atomic E-state index is 10.5. The van der Waals surface area contributed by atoms with Crippen LogP contribution in [0.2, 0.25) is 0 Å². The Hall–Kier alpha value is 0.110. The fourth-order valence-electron chi connectivity index (χ4n) is 1.06. The van der Waals surface area contributed by atoms with Gasteiger partial charge in [-0.05, 0) is 24.7 Å². The van der Waals surface area contributed by atoms with Crippen molar-refractivity contribution in [3.8, 4) is 0 Å². The highest BCUT2D eigenvalue weighted by molar-refractivity contribution is 7.82. The number of hydrogen-bond acceptors (Lipinski definition) is 1. The van der Waals surface area contributed by atoms with Gasteiger partial charge in [0.2, 0.25) is 0 Å². The third kappa shape index (κ3) is 2.45. The summed E-state index contributed by atoms with van der Waals surface area (Å²) in [5, 5.41) is 5.13. The van der Waals surface area contributed by atoms with Crippen molar-refractivity contribution in [3.63, 3.8) is 0 Å². The molecule has 0 amide bonds. The van der Waals surface area contributed by atoms with E-state index in [1.165, 1.54) is 12.8 Å². The molecule has 1 saturated carbocycles. The highest BCUT2D eigenvalue weighted by Gasteiger charge is 2.28. The van der Waals surface area contributed by atoms with Gasteiger partial charge >= 0.3 is 0 Å². The summed E-state index contributed by atoms with van der Waals surface area (Å²) >= 11 is 0. The van der Waals surface area contributed by atoms with E-state index in [9.17, 15) is 4.21 Å². The number of nitrogens with two attached hydrogens (primary N) is 1. The summed E-state index contributed by atoms with van der Waals surface area (Å²) in [7, 11) is -1.08. The van der Waals surface area contributed by atoms with Crippen LogP contribution in [-0.4, -0.2) is 9.96 Å². The van der Waals surface area contributed by atoms with Gasteiger partial charge in [0.1, 0.15) is 0 Å². The molecule has 2 nitrogen and oxygen atoms in total. The van der Waals surface area contributed by atoms with Crippen LogP contribution >= 0.6 is 0 Å². The lowest BCUT2D eigenvalue weighted by Crippen LogP contribution is -2.15. The van der Waals surface area contributed by atoms with Crippen LogP contribution in [0, 0.1) is 11.8 Å². The van der Waals surface area contributed by atoms with Crippen molar-refractivity contribution in [2.75, 3.05) is 5.75 Å². The van der Waals surface area contributed by atoms with E-state index in [-0.39, 0.29) is 0 Å². The highest BCUT2D eigenvalue weighted by Crippen LogP contribution is 2.36. The summed E-state index contributed by atoms with van der Waals surface area (Å²) in [6, 6.07) is 0. The van der Waals surface area contributed by atoms with E-state index in [0.717, 1.165) is 5.92 Å². The third-order valence-electron chi connectivity index (χ3n) is 1.85. The first-order chi connectivity index (χ1) is 4.20. The maximum Gasteiger partial charge on any atom is 0.0890 e. The maximum atomic E-state index is 10.5. The minimum atomic E-state index is -1.08. The van der Waals surface area contributed by atoms with Crippen molar-refractivity contribution in [2.45, 2.75) is 19.8 Å². The van der Waals surface area contributed by atoms with Crippen molar-refractivity contribution in [3.05, 3.63) is 0 Å². The summed E-state index contributed by atoms with van der Waals surface area (Å²) in [4.78, 5) is 0. The second-order valence-electron chi connectivity index (χ2n) is 2.86. The SMILES string of the molecule is CC(CS(N)=O)C1CC1. The molecule has 0 bridgehead atoms. The lowest BCUT2D eigenvalue weighted by Gasteiger charge is -2.04. The average molecular weight is 147 g/mol. The Bertz CT molecular complexity index is 122. The van der Waals surface area contributed by atoms with Crippen molar-refractivity contribution < 1.29 is 4.21 Å². The molecular weight excluding hydrogens is 134 g/mol. The molecule has 0 spiro atoms. The van der Waals surface area contributed by atoms with Crippen LogP contribution in [0.4, 0.5) is 0 Å². The lowest BCUT2D eigenvalue weighted by atomic mass is 10.1. The van der Waals surface area contributed by atoms with E-state index >= 15 is 0 Å². The van der Waals surface area contributed by atoms with E-state index in [0.29, 0.717) is 11.7 Å². The van der Waals surface area contributed by atoms with Crippen LogP contribution in [0.1, 0.15) is 19.8 Å². The van der Waals surface area contributed by atoms with Crippen molar-refractivity contribution in [1.29, 1.82) is 0 Å². The van der Waals surface area contributed by atoms with E-state index in [4.69, 9.17) is 5.14 Å². The molecule has 54 valence electrons. The van der Waals surface area contributed by atoms with Gasteiger partial charge in [0.15, 0.2) is 0 Å². The predicted molar refractivity (Wildman–Crippen MR) is 39.1 cm³/mol. The first kappa shape index (κ1) is 7.22. The Labute approximate surface area is 58.4 Å². The van der Waals surface area contributed by atoms with E-state index in [2.05, 4.69) is 6.92 Å². The van der Waals surface area contributed by atoms with Crippen LogP contribution in [0.3, 0.4) is 0 Å². The molecule has 0 heterocycles. The van der Waals surface area contributed by atoms with Gasteiger partial charge in [0.25, 0.3) is 0 Å². The summed E-state index contributed by atoms with van der Waals surface area (Å²) < 4.78 is 10.5. The van der Waals surface area contributed by atoms with E-state index in [1.54, 1.807) is 0 Å². The zero-order valence-electron chi connectivity index (χ0n) is 5.67. The molecule has 1 fully saturated rings.